The zero-order chi connectivity index (χ0) is 11.8. The number of amides is 1. The van der Waals surface area contributed by atoms with Crippen molar-refractivity contribution >= 4 is 5.91 Å². The molecule has 0 radical (unpaired) electrons. The molecule has 4 nitrogen and oxygen atoms in total. The van der Waals surface area contributed by atoms with Crippen LogP contribution in [0.2, 0.25) is 0 Å². The van der Waals surface area contributed by atoms with Gasteiger partial charge in [0.2, 0.25) is 5.91 Å². The molecule has 1 aliphatic heterocycles. The summed E-state index contributed by atoms with van der Waals surface area (Å²) in [4.78, 5) is 13.8. The second kappa shape index (κ2) is 7.63. The molecule has 0 aromatic rings. The van der Waals surface area contributed by atoms with E-state index in [0.717, 1.165) is 39.0 Å². The van der Waals surface area contributed by atoms with Crippen molar-refractivity contribution in [1.82, 2.24) is 10.2 Å². The van der Waals surface area contributed by atoms with Crippen molar-refractivity contribution in [3.05, 3.63) is 0 Å². The van der Waals surface area contributed by atoms with Gasteiger partial charge in [0.15, 0.2) is 0 Å². The lowest BCUT2D eigenvalue weighted by Crippen LogP contribution is -2.43. The average Bonchev–Trinajstić information content (AvgIpc) is 2.34. The average molecular weight is 228 g/mol. The van der Waals surface area contributed by atoms with E-state index in [-0.39, 0.29) is 5.91 Å². The van der Waals surface area contributed by atoms with Crippen LogP contribution in [-0.4, -0.2) is 50.2 Å². The number of nitrogens with zero attached hydrogens (tertiary/aromatic N) is 1. The minimum Gasteiger partial charge on any atom is -0.382 e. The van der Waals surface area contributed by atoms with Gasteiger partial charge in [-0.25, -0.2) is 0 Å². The van der Waals surface area contributed by atoms with Gasteiger partial charge in [-0.15, -0.1) is 0 Å². The van der Waals surface area contributed by atoms with E-state index in [1.807, 2.05) is 18.9 Å². The van der Waals surface area contributed by atoms with E-state index in [2.05, 4.69) is 5.32 Å². The Morgan fingerprint density at radius 1 is 1.44 bits per heavy atom. The van der Waals surface area contributed by atoms with Crippen LogP contribution in [0.25, 0.3) is 0 Å². The molecule has 0 aromatic carbocycles. The SMILES string of the molecule is CCOCCCC(=O)N1CCC(NC)CC1. The molecule has 1 aliphatic rings. The van der Waals surface area contributed by atoms with Gasteiger partial charge in [0.1, 0.15) is 0 Å². The Balaban J connectivity index is 2.13. The number of hydrogen-bond acceptors (Lipinski definition) is 3. The minimum absolute atomic E-state index is 0.286. The molecular formula is C12H24N2O2. The number of hydrogen-bond donors (Lipinski definition) is 1. The van der Waals surface area contributed by atoms with E-state index >= 15 is 0 Å². The van der Waals surface area contributed by atoms with Crippen molar-refractivity contribution in [2.75, 3.05) is 33.4 Å². The summed E-state index contributed by atoms with van der Waals surface area (Å²) in [6.07, 6.45) is 3.63. The first-order chi connectivity index (χ1) is 7.77. The Hall–Kier alpha value is -0.610. The van der Waals surface area contributed by atoms with Crippen LogP contribution in [0.4, 0.5) is 0 Å². The molecule has 1 N–H and O–H groups in total. The predicted molar refractivity (Wildman–Crippen MR) is 64.4 cm³/mol. The molecule has 1 fully saturated rings. The smallest absolute Gasteiger partial charge is 0.222 e. The minimum atomic E-state index is 0.286. The number of carbonyl (C=O) groups excluding carboxylic acids is 1. The number of nitrogens with one attached hydrogen (secondary N) is 1. The molecule has 0 saturated carbocycles. The molecular weight excluding hydrogens is 204 g/mol. The van der Waals surface area contributed by atoms with Crippen molar-refractivity contribution in [1.29, 1.82) is 0 Å². The normalized spacial score (nSPS) is 17.8. The number of rotatable bonds is 6. The first kappa shape index (κ1) is 13.5. The molecule has 1 amide bonds. The highest BCUT2D eigenvalue weighted by atomic mass is 16.5. The number of carbonyl (C=O) groups is 1. The molecule has 16 heavy (non-hydrogen) atoms. The molecule has 94 valence electrons. The summed E-state index contributed by atoms with van der Waals surface area (Å²) in [7, 11) is 1.99. The Kier molecular flexibility index (Phi) is 6.42. The topological polar surface area (TPSA) is 41.6 Å². The maximum absolute atomic E-state index is 11.8. The fourth-order valence-electron chi connectivity index (χ4n) is 2.05. The summed E-state index contributed by atoms with van der Waals surface area (Å²) >= 11 is 0. The third-order valence-electron chi connectivity index (χ3n) is 3.14. The molecule has 0 aliphatic carbocycles. The van der Waals surface area contributed by atoms with Gasteiger partial charge >= 0.3 is 0 Å². The summed E-state index contributed by atoms with van der Waals surface area (Å²) < 4.78 is 5.22. The maximum atomic E-state index is 11.8. The monoisotopic (exact) mass is 228 g/mol. The lowest BCUT2D eigenvalue weighted by Gasteiger charge is -2.31. The van der Waals surface area contributed by atoms with Gasteiger partial charge in [-0.05, 0) is 33.2 Å². The van der Waals surface area contributed by atoms with Gasteiger partial charge in [-0.2, -0.15) is 0 Å². The fraction of sp³-hybridized carbons (Fsp3) is 0.917. The van der Waals surface area contributed by atoms with Gasteiger partial charge in [0, 0.05) is 38.8 Å². The van der Waals surface area contributed by atoms with E-state index in [4.69, 9.17) is 4.74 Å². The standard InChI is InChI=1S/C12H24N2O2/c1-3-16-10-4-5-12(15)14-8-6-11(13-2)7-9-14/h11,13H,3-10H2,1-2H3. The van der Waals surface area contributed by atoms with E-state index in [1.54, 1.807) is 0 Å². The largest absolute Gasteiger partial charge is 0.382 e. The summed E-state index contributed by atoms with van der Waals surface area (Å²) in [5.74, 6) is 0.286. The van der Waals surface area contributed by atoms with E-state index in [1.165, 1.54) is 0 Å². The van der Waals surface area contributed by atoms with Crippen LogP contribution in [0.5, 0.6) is 0 Å². The lowest BCUT2D eigenvalue weighted by molar-refractivity contribution is -0.132. The zero-order valence-electron chi connectivity index (χ0n) is 10.5. The van der Waals surface area contributed by atoms with Crippen molar-refractivity contribution in [3.8, 4) is 0 Å². The molecule has 4 heteroatoms. The third-order valence-corrected chi connectivity index (χ3v) is 3.14. The first-order valence-corrected chi connectivity index (χ1v) is 6.30. The second-order valence-electron chi connectivity index (χ2n) is 4.24. The second-order valence-corrected chi connectivity index (χ2v) is 4.24. The van der Waals surface area contributed by atoms with Crippen LogP contribution < -0.4 is 5.32 Å². The lowest BCUT2D eigenvalue weighted by atomic mass is 10.0. The van der Waals surface area contributed by atoms with Crippen LogP contribution in [0.3, 0.4) is 0 Å². The maximum Gasteiger partial charge on any atom is 0.222 e. The van der Waals surface area contributed by atoms with E-state index in [0.29, 0.717) is 19.1 Å². The molecule has 0 bridgehead atoms. The third kappa shape index (κ3) is 4.49. The summed E-state index contributed by atoms with van der Waals surface area (Å²) in [6, 6.07) is 0.590. The van der Waals surface area contributed by atoms with Crippen molar-refractivity contribution < 1.29 is 9.53 Å². The highest BCUT2D eigenvalue weighted by Crippen LogP contribution is 2.11. The quantitative estimate of drug-likeness (QED) is 0.690. The highest BCUT2D eigenvalue weighted by molar-refractivity contribution is 5.76. The summed E-state index contributed by atoms with van der Waals surface area (Å²) in [5, 5.41) is 3.27. The summed E-state index contributed by atoms with van der Waals surface area (Å²) in [5.41, 5.74) is 0. The Morgan fingerprint density at radius 2 is 2.12 bits per heavy atom. The number of ether oxygens (including phenoxy) is 1. The summed E-state index contributed by atoms with van der Waals surface area (Å²) in [6.45, 7) is 5.22. The molecule has 1 saturated heterocycles. The van der Waals surface area contributed by atoms with E-state index < -0.39 is 0 Å². The molecule has 1 rings (SSSR count). The van der Waals surface area contributed by atoms with Crippen molar-refractivity contribution in [3.63, 3.8) is 0 Å². The van der Waals surface area contributed by atoms with Gasteiger partial charge in [-0.3, -0.25) is 4.79 Å². The van der Waals surface area contributed by atoms with Crippen LogP contribution >= 0.6 is 0 Å². The van der Waals surface area contributed by atoms with Gasteiger partial charge < -0.3 is 15.0 Å². The molecule has 0 aromatic heterocycles. The molecule has 0 unspecified atom stereocenters. The molecule has 0 spiro atoms. The molecule has 0 atom stereocenters. The van der Waals surface area contributed by atoms with E-state index in [9.17, 15) is 4.79 Å². The first-order valence-electron chi connectivity index (χ1n) is 6.30. The van der Waals surface area contributed by atoms with Crippen LogP contribution in [0.1, 0.15) is 32.6 Å². The van der Waals surface area contributed by atoms with Gasteiger partial charge in [0.25, 0.3) is 0 Å². The number of piperidine rings is 1. The van der Waals surface area contributed by atoms with Crippen LogP contribution in [0.15, 0.2) is 0 Å². The van der Waals surface area contributed by atoms with Gasteiger partial charge in [-0.1, -0.05) is 0 Å². The van der Waals surface area contributed by atoms with Crippen molar-refractivity contribution in [2.45, 2.75) is 38.6 Å². The molecule has 1 heterocycles. The van der Waals surface area contributed by atoms with Gasteiger partial charge in [0.05, 0.1) is 0 Å². The van der Waals surface area contributed by atoms with Crippen LogP contribution in [0, 0.1) is 0 Å². The fourth-order valence-corrected chi connectivity index (χ4v) is 2.05. The Labute approximate surface area is 98.3 Å². The predicted octanol–water partition coefficient (Wildman–Crippen LogP) is 1.01. The highest BCUT2D eigenvalue weighted by Gasteiger charge is 2.20. The van der Waals surface area contributed by atoms with Crippen LogP contribution in [-0.2, 0) is 9.53 Å². The Morgan fingerprint density at radius 3 is 2.69 bits per heavy atom. The number of likely N-dealkylation sites (tertiary alicyclic amines) is 1. The zero-order valence-corrected chi connectivity index (χ0v) is 10.5. The Bertz CT molecular complexity index is 201. The van der Waals surface area contributed by atoms with Crippen molar-refractivity contribution in [2.24, 2.45) is 0 Å².